The van der Waals surface area contributed by atoms with Gasteiger partial charge in [-0.15, -0.1) is 0 Å². The third kappa shape index (κ3) is 1.48. The van der Waals surface area contributed by atoms with Gasteiger partial charge in [-0.3, -0.25) is 0 Å². The SMILES string of the molecule is C1=CCCC(c2nc3ccccc3[nH]2)=C1. The van der Waals surface area contributed by atoms with Crippen LogP contribution in [-0.2, 0) is 0 Å². The predicted molar refractivity (Wildman–Crippen MR) is 62.4 cm³/mol. The van der Waals surface area contributed by atoms with Crippen LogP contribution < -0.4 is 0 Å². The molecule has 1 aromatic heterocycles. The van der Waals surface area contributed by atoms with E-state index in [1.165, 1.54) is 5.57 Å². The first-order valence-electron chi connectivity index (χ1n) is 5.24. The average molecular weight is 196 g/mol. The second kappa shape index (κ2) is 3.39. The molecule has 1 aromatic carbocycles. The van der Waals surface area contributed by atoms with Crippen LogP contribution in [0.2, 0.25) is 0 Å². The Kier molecular flexibility index (Phi) is 1.91. The van der Waals surface area contributed by atoms with Gasteiger partial charge in [0.15, 0.2) is 0 Å². The van der Waals surface area contributed by atoms with Crippen molar-refractivity contribution in [3.05, 3.63) is 48.3 Å². The Morgan fingerprint density at radius 3 is 2.93 bits per heavy atom. The van der Waals surface area contributed by atoms with Crippen LogP contribution in [0.5, 0.6) is 0 Å². The molecule has 2 heteroatoms. The van der Waals surface area contributed by atoms with E-state index >= 15 is 0 Å². The average Bonchev–Trinajstić information content (AvgIpc) is 2.74. The van der Waals surface area contributed by atoms with Crippen LogP contribution in [0.1, 0.15) is 18.7 Å². The predicted octanol–water partition coefficient (Wildman–Crippen LogP) is 3.30. The van der Waals surface area contributed by atoms with Crippen molar-refractivity contribution in [3.63, 3.8) is 0 Å². The Morgan fingerprint density at radius 1 is 1.20 bits per heavy atom. The van der Waals surface area contributed by atoms with Crippen molar-refractivity contribution >= 4 is 16.6 Å². The largest absolute Gasteiger partial charge is 0.338 e. The van der Waals surface area contributed by atoms with E-state index in [1.54, 1.807) is 0 Å². The zero-order valence-electron chi connectivity index (χ0n) is 8.40. The molecule has 1 aliphatic rings. The number of imidazole rings is 1. The molecule has 2 aromatic rings. The monoisotopic (exact) mass is 196 g/mol. The Morgan fingerprint density at radius 2 is 2.13 bits per heavy atom. The first-order valence-corrected chi connectivity index (χ1v) is 5.24. The van der Waals surface area contributed by atoms with Gasteiger partial charge in [0, 0.05) is 0 Å². The van der Waals surface area contributed by atoms with Crippen molar-refractivity contribution in [3.8, 4) is 0 Å². The van der Waals surface area contributed by atoms with Gasteiger partial charge in [-0.1, -0.05) is 30.4 Å². The van der Waals surface area contributed by atoms with Crippen molar-refractivity contribution in [2.45, 2.75) is 12.8 Å². The Labute approximate surface area is 88.3 Å². The van der Waals surface area contributed by atoms with Gasteiger partial charge in [-0.2, -0.15) is 0 Å². The summed E-state index contributed by atoms with van der Waals surface area (Å²) in [5.41, 5.74) is 3.46. The molecular weight excluding hydrogens is 184 g/mol. The van der Waals surface area contributed by atoms with E-state index < -0.39 is 0 Å². The third-order valence-electron chi connectivity index (χ3n) is 2.71. The van der Waals surface area contributed by atoms with E-state index in [0.29, 0.717) is 0 Å². The smallest absolute Gasteiger partial charge is 0.134 e. The molecule has 0 saturated carbocycles. The number of aromatic amines is 1. The van der Waals surface area contributed by atoms with Gasteiger partial charge in [0.25, 0.3) is 0 Å². The zero-order chi connectivity index (χ0) is 10.1. The van der Waals surface area contributed by atoms with E-state index in [0.717, 1.165) is 29.7 Å². The topological polar surface area (TPSA) is 28.7 Å². The molecule has 74 valence electrons. The van der Waals surface area contributed by atoms with E-state index in [9.17, 15) is 0 Å². The number of rotatable bonds is 1. The van der Waals surface area contributed by atoms with E-state index in [4.69, 9.17) is 0 Å². The minimum atomic E-state index is 1.01. The van der Waals surface area contributed by atoms with Gasteiger partial charge in [-0.25, -0.2) is 4.98 Å². The Hall–Kier alpha value is -1.83. The Bertz CT molecular complexity index is 513. The summed E-state index contributed by atoms with van der Waals surface area (Å²) in [5.74, 6) is 1.01. The van der Waals surface area contributed by atoms with Gasteiger partial charge in [-0.05, 0) is 30.5 Å². The van der Waals surface area contributed by atoms with Crippen LogP contribution in [0.15, 0.2) is 42.5 Å². The summed E-state index contributed by atoms with van der Waals surface area (Å²) in [7, 11) is 0. The molecule has 1 heterocycles. The number of H-pyrrole nitrogens is 1. The fourth-order valence-electron chi connectivity index (χ4n) is 1.90. The van der Waals surface area contributed by atoms with Crippen molar-refractivity contribution < 1.29 is 0 Å². The number of hydrogen-bond acceptors (Lipinski definition) is 1. The second-order valence-electron chi connectivity index (χ2n) is 3.76. The minimum absolute atomic E-state index is 1.01. The van der Waals surface area contributed by atoms with Crippen molar-refractivity contribution in [2.75, 3.05) is 0 Å². The molecule has 3 rings (SSSR count). The number of aromatic nitrogens is 2. The molecule has 1 aliphatic carbocycles. The van der Waals surface area contributed by atoms with Crippen LogP contribution in [0, 0.1) is 0 Å². The lowest BCUT2D eigenvalue weighted by Crippen LogP contribution is -1.89. The summed E-state index contributed by atoms with van der Waals surface area (Å²) in [5, 5.41) is 0. The van der Waals surface area contributed by atoms with Gasteiger partial charge in [0.1, 0.15) is 5.82 Å². The van der Waals surface area contributed by atoms with Gasteiger partial charge in [0.05, 0.1) is 11.0 Å². The maximum absolute atomic E-state index is 4.58. The van der Waals surface area contributed by atoms with Crippen molar-refractivity contribution in [2.24, 2.45) is 0 Å². The molecule has 0 bridgehead atoms. The molecule has 15 heavy (non-hydrogen) atoms. The maximum atomic E-state index is 4.58. The number of para-hydroxylation sites is 2. The molecule has 0 saturated heterocycles. The summed E-state index contributed by atoms with van der Waals surface area (Å²) < 4.78 is 0. The normalized spacial score (nSPS) is 15.6. The molecule has 1 N–H and O–H groups in total. The molecule has 2 nitrogen and oxygen atoms in total. The lowest BCUT2D eigenvalue weighted by Gasteiger charge is -2.04. The summed E-state index contributed by atoms with van der Waals surface area (Å²) in [6.45, 7) is 0. The standard InChI is InChI=1S/C13H12N2/c1-2-6-10(7-3-1)13-14-11-8-4-5-9-12(11)15-13/h1-2,4-6,8-9H,3,7H2,(H,14,15). The molecular formula is C13H12N2. The van der Waals surface area contributed by atoms with E-state index in [1.807, 2.05) is 18.2 Å². The van der Waals surface area contributed by atoms with Crippen LogP contribution in [-0.4, -0.2) is 9.97 Å². The highest BCUT2D eigenvalue weighted by Crippen LogP contribution is 2.23. The summed E-state index contributed by atoms with van der Waals surface area (Å²) >= 11 is 0. The first kappa shape index (κ1) is 8.48. The number of fused-ring (bicyclic) bond motifs is 1. The molecule has 0 unspecified atom stereocenters. The highest BCUT2D eigenvalue weighted by Gasteiger charge is 2.07. The summed E-state index contributed by atoms with van der Waals surface area (Å²) in [4.78, 5) is 7.93. The van der Waals surface area contributed by atoms with Crippen LogP contribution >= 0.6 is 0 Å². The fraction of sp³-hybridized carbons (Fsp3) is 0.154. The summed E-state index contributed by atoms with van der Waals surface area (Å²) in [6.07, 6.45) is 8.62. The fourth-order valence-corrected chi connectivity index (χ4v) is 1.90. The quantitative estimate of drug-likeness (QED) is 0.744. The lowest BCUT2D eigenvalue weighted by molar-refractivity contribution is 1.03. The number of nitrogens with one attached hydrogen (secondary N) is 1. The zero-order valence-corrected chi connectivity index (χ0v) is 8.40. The van der Waals surface area contributed by atoms with Crippen molar-refractivity contribution in [1.29, 1.82) is 0 Å². The van der Waals surface area contributed by atoms with Crippen LogP contribution in [0.4, 0.5) is 0 Å². The van der Waals surface area contributed by atoms with Gasteiger partial charge in [0.2, 0.25) is 0 Å². The van der Waals surface area contributed by atoms with Crippen molar-refractivity contribution in [1.82, 2.24) is 9.97 Å². The minimum Gasteiger partial charge on any atom is -0.338 e. The van der Waals surface area contributed by atoms with Gasteiger partial charge >= 0.3 is 0 Å². The number of benzene rings is 1. The van der Waals surface area contributed by atoms with Crippen LogP contribution in [0.25, 0.3) is 16.6 Å². The van der Waals surface area contributed by atoms with E-state index in [2.05, 4.69) is 34.3 Å². The highest BCUT2D eigenvalue weighted by molar-refractivity contribution is 5.79. The van der Waals surface area contributed by atoms with Gasteiger partial charge < -0.3 is 4.98 Å². The van der Waals surface area contributed by atoms with Crippen LogP contribution in [0.3, 0.4) is 0 Å². The number of allylic oxidation sites excluding steroid dienone is 4. The third-order valence-corrected chi connectivity index (χ3v) is 2.71. The van der Waals surface area contributed by atoms with E-state index in [-0.39, 0.29) is 0 Å². The first-order chi connectivity index (χ1) is 7.43. The molecule has 0 spiro atoms. The molecule has 0 aliphatic heterocycles. The molecule has 0 atom stereocenters. The maximum Gasteiger partial charge on any atom is 0.134 e. The molecule has 0 amide bonds. The number of hydrogen-bond donors (Lipinski definition) is 1. The Balaban J connectivity index is 2.11. The molecule has 0 fully saturated rings. The lowest BCUT2D eigenvalue weighted by atomic mass is 10.1. The second-order valence-corrected chi connectivity index (χ2v) is 3.76. The highest BCUT2D eigenvalue weighted by atomic mass is 14.9. The molecule has 0 radical (unpaired) electrons. The summed E-state index contributed by atoms with van der Waals surface area (Å²) in [6, 6.07) is 8.14. The number of nitrogens with zero attached hydrogens (tertiary/aromatic N) is 1.